The van der Waals surface area contributed by atoms with Gasteiger partial charge >= 0.3 is 6.03 Å². The molecule has 0 radical (unpaired) electrons. The highest BCUT2D eigenvalue weighted by Gasteiger charge is 2.09. The molecule has 0 unspecified atom stereocenters. The Balaban J connectivity index is 1.84. The standard InChI is InChI=1S/C18H16FN3O2/c1-10-3-4-11(2)15(7-10)21-18(24)20-13-8-12-5-6-16(23)22-17(12)14(19)9-13/h3-9H,1-2H3,(H,22,23)(H2,20,21,24). The first-order valence-electron chi connectivity index (χ1n) is 7.40. The smallest absolute Gasteiger partial charge is 0.319 e. The van der Waals surface area contributed by atoms with Gasteiger partial charge in [0.15, 0.2) is 0 Å². The van der Waals surface area contributed by atoms with Crippen LogP contribution in [0, 0.1) is 19.7 Å². The summed E-state index contributed by atoms with van der Waals surface area (Å²) in [5, 5.41) is 5.85. The number of amides is 2. The maximum absolute atomic E-state index is 14.1. The van der Waals surface area contributed by atoms with E-state index in [4.69, 9.17) is 0 Å². The van der Waals surface area contributed by atoms with Gasteiger partial charge in [0.25, 0.3) is 0 Å². The summed E-state index contributed by atoms with van der Waals surface area (Å²) >= 11 is 0. The van der Waals surface area contributed by atoms with E-state index in [9.17, 15) is 14.0 Å². The van der Waals surface area contributed by atoms with Gasteiger partial charge in [-0.25, -0.2) is 9.18 Å². The van der Waals surface area contributed by atoms with Gasteiger partial charge < -0.3 is 15.6 Å². The molecule has 0 atom stereocenters. The number of nitrogens with one attached hydrogen (secondary N) is 3. The van der Waals surface area contributed by atoms with Gasteiger partial charge in [-0.2, -0.15) is 0 Å². The Morgan fingerprint density at radius 2 is 1.83 bits per heavy atom. The molecule has 2 amide bonds. The van der Waals surface area contributed by atoms with Crippen LogP contribution in [-0.2, 0) is 0 Å². The zero-order valence-electron chi connectivity index (χ0n) is 13.2. The molecule has 122 valence electrons. The molecule has 24 heavy (non-hydrogen) atoms. The predicted octanol–water partition coefficient (Wildman–Crippen LogP) is 3.93. The third-order valence-electron chi connectivity index (χ3n) is 3.68. The van der Waals surface area contributed by atoms with Crippen LogP contribution >= 0.6 is 0 Å². The lowest BCUT2D eigenvalue weighted by atomic mass is 10.1. The first-order chi connectivity index (χ1) is 11.4. The molecule has 3 N–H and O–H groups in total. The number of pyridine rings is 1. The van der Waals surface area contributed by atoms with E-state index in [0.29, 0.717) is 16.8 Å². The molecule has 3 aromatic rings. The Bertz CT molecular complexity index is 995. The number of aromatic amines is 1. The second-order valence-corrected chi connectivity index (χ2v) is 5.64. The lowest BCUT2D eigenvalue weighted by Crippen LogP contribution is -2.20. The van der Waals surface area contributed by atoms with Gasteiger partial charge in [-0.15, -0.1) is 0 Å². The van der Waals surface area contributed by atoms with E-state index in [0.717, 1.165) is 11.1 Å². The van der Waals surface area contributed by atoms with Crippen LogP contribution in [0.4, 0.5) is 20.6 Å². The molecule has 0 spiro atoms. The normalized spacial score (nSPS) is 10.6. The number of carbonyl (C=O) groups excluding carboxylic acids is 1. The zero-order chi connectivity index (χ0) is 17.3. The quantitative estimate of drug-likeness (QED) is 0.668. The third kappa shape index (κ3) is 3.27. The minimum Gasteiger partial charge on any atom is -0.319 e. The number of benzene rings is 2. The van der Waals surface area contributed by atoms with Crippen molar-refractivity contribution < 1.29 is 9.18 Å². The summed E-state index contributed by atoms with van der Waals surface area (Å²) in [5.41, 5.74) is 2.68. The van der Waals surface area contributed by atoms with Crippen LogP contribution in [0.3, 0.4) is 0 Å². The molecular formula is C18H16FN3O2. The number of rotatable bonds is 2. The predicted molar refractivity (Wildman–Crippen MR) is 93.1 cm³/mol. The van der Waals surface area contributed by atoms with E-state index in [-0.39, 0.29) is 11.1 Å². The summed E-state index contributed by atoms with van der Waals surface area (Å²) in [6, 6.07) is 10.8. The Hall–Kier alpha value is -3.15. The Morgan fingerprint density at radius 3 is 2.62 bits per heavy atom. The van der Waals surface area contributed by atoms with Crippen molar-refractivity contribution in [3.8, 4) is 0 Å². The molecule has 2 aromatic carbocycles. The molecule has 0 aliphatic rings. The van der Waals surface area contributed by atoms with Crippen LogP contribution in [0.5, 0.6) is 0 Å². The lowest BCUT2D eigenvalue weighted by Gasteiger charge is -2.11. The molecule has 0 saturated carbocycles. The number of H-pyrrole nitrogens is 1. The monoisotopic (exact) mass is 325 g/mol. The number of urea groups is 1. The Morgan fingerprint density at radius 1 is 1.04 bits per heavy atom. The summed E-state index contributed by atoms with van der Waals surface area (Å²) in [6.07, 6.45) is 0. The van der Waals surface area contributed by atoms with Gasteiger partial charge in [-0.3, -0.25) is 4.79 Å². The molecule has 0 saturated heterocycles. The fourth-order valence-corrected chi connectivity index (χ4v) is 2.45. The number of aromatic nitrogens is 1. The van der Waals surface area contributed by atoms with Crippen LogP contribution < -0.4 is 16.2 Å². The number of halogens is 1. The van der Waals surface area contributed by atoms with Gasteiger partial charge in [0.1, 0.15) is 5.82 Å². The molecule has 0 aliphatic carbocycles. The van der Waals surface area contributed by atoms with E-state index in [1.807, 2.05) is 32.0 Å². The Labute approximate surface area is 137 Å². The van der Waals surface area contributed by atoms with E-state index >= 15 is 0 Å². The van der Waals surface area contributed by atoms with Crippen LogP contribution in [0.2, 0.25) is 0 Å². The minimum atomic E-state index is -0.604. The number of carbonyl (C=O) groups is 1. The number of hydrogen-bond donors (Lipinski definition) is 3. The largest absolute Gasteiger partial charge is 0.323 e. The second kappa shape index (κ2) is 6.16. The fraction of sp³-hybridized carbons (Fsp3) is 0.111. The van der Waals surface area contributed by atoms with Crippen molar-refractivity contribution >= 4 is 28.3 Å². The van der Waals surface area contributed by atoms with Crippen molar-refractivity contribution in [1.82, 2.24) is 4.98 Å². The van der Waals surface area contributed by atoms with Gasteiger partial charge in [-0.05, 0) is 49.2 Å². The molecule has 0 bridgehead atoms. The minimum absolute atomic E-state index is 0.114. The first-order valence-corrected chi connectivity index (χ1v) is 7.40. The first kappa shape index (κ1) is 15.7. The second-order valence-electron chi connectivity index (χ2n) is 5.64. The van der Waals surface area contributed by atoms with E-state index in [1.54, 1.807) is 6.07 Å². The average molecular weight is 325 g/mol. The molecule has 6 heteroatoms. The van der Waals surface area contributed by atoms with E-state index in [1.165, 1.54) is 18.2 Å². The SMILES string of the molecule is Cc1ccc(C)c(NC(=O)Nc2cc(F)c3[nH]c(=O)ccc3c2)c1. The summed E-state index contributed by atoms with van der Waals surface area (Å²) in [6.45, 7) is 3.82. The maximum Gasteiger partial charge on any atom is 0.323 e. The van der Waals surface area contributed by atoms with Gasteiger partial charge in [0.05, 0.1) is 5.52 Å². The molecule has 1 aromatic heterocycles. The summed E-state index contributed by atoms with van der Waals surface area (Å²) in [4.78, 5) is 25.8. The molecule has 0 aliphatic heterocycles. The highest BCUT2D eigenvalue weighted by atomic mass is 19.1. The average Bonchev–Trinajstić information content (AvgIpc) is 2.52. The van der Waals surface area contributed by atoms with Crippen LogP contribution in [0.15, 0.2) is 47.3 Å². The van der Waals surface area contributed by atoms with Crippen molar-refractivity contribution in [3.05, 3.63) is 69.8 Å². The molecule has 0 fully saturated rings. The Kier molecular flexibility index (Phi) is 4.04. The number of fused-ring (bicyclic) bond motifs is 1. The highest BCUT2D eigenvalue weighted by Crippen LogP contribution is 2.21. The van der Waals surface area contributed by atoms with Crippen molar-refractivity contribution in [1.29, 1.82) is 0 Å². The third-order valence-corrected chi connectivity index (χ3v) is 3.68. The molecule has 5 nitrogen and oxygen atoms in total. The van der Waals surface area contributed by atoms with Crippen LogP contribution in [-0.4, -0.2) is 11.0 Å². The number of aryl methyl sites for hydroxylation is 2. The zero-order valence-corrected chi connectivity index (χ0v) is 13.2. The summed E-state index contributed by atoms with van der Waals surface area (Å²) in [7, 11) is 0. The number of anilines is 2. The molecule has 3 rings (SSSR count). The van der Waals surface area contributed by atoms with Crippen LogP contribution in [0.1, 0.15) is 11.1 Å². The van der Waals surface area contributed by atoms with Gasteiger partial charge in [0.2, 0.25) is 5.56 Å². The topological polar surface area (TPSA) is 74.0 Å². The summed E-state index contributed by atoms with van der Waals surface area (Å²) in [5.74, 6) is -0.604. The van der Waals surface area contributed by atoms with Crippen LogP contribution in [0.25, 0.3) is 10.9 Å². The number of hydrogen-bond acceptors (Lipinski definition) is 2. The van der Waals surface area contributed by atoms with Crippen molar-refractivity contribution in [2.24, 2.45) is 0 Å². The van der Waals surface area contributed by atoms with E-state index < -0.39 is 11.8 Å². The van der Waals surface area contributed by atoms with Crippen molar-refractivity contribution in [3.63, 3.8) is 0 Å². The molecule has 1 heterocycles. The van der Waals surface area contributed by atoms with Gasteiger partial charge in [-0.1, -0.05) is 12.1 Å². The lowest BCUT2D eigenvalue weighted by molar-refractivity contribution is 0.262. The fourth-order valence-electron chi connectivity index (χ4n) is 2.45. The van der Waals surface area contributed by atoms with Crippen molar-refractivity contribution in [2.75, 3.05) is 10.6 Å². The maximum atomic E-state index is 14.1. The van der Waals surface area contributed by atoms with Crippen molar-refractivity contribution in [2.45, 2.75) is 13.8 Å². The van der Waals surface area contributed by atoms with E-state index in [2.05, 4.69) is 15.6 Å². The van der Waals surface area contributed by atoms with Gasteiger partial charge in [0, 0.05) is 22.8 Å². The highest BCUT2D eigenvalue weighted by molar-refractivity contribution is 6.01. The molecular weight excluding hydrogens is 309 g/mol. The summed E-state index contributed by atoms with van der Waals surface area (Å²) < 4.78 is 14.1.